The van der Waals surface area contributed by atoms with Crippen LogP contribution >= 0.6 is 12.4 Å². The third kappa shape index (κ3) is 6.52. The molecule has 0 bridgehead atoms. The van der Waals surface area contributed by atoms with Gasteiger partial charge in [-0.25, -0.2) is 0 Å². The van der Waals surface area contributed by atoms with Crippen LogP contribution < -0.4 is 15.8 Å². The number of benzene rings is 1. The fourth-order valence-corrected chi connectivity index (χ4v) is 3.03. The molecular weight excluding hydrogens is 370 g/mol. The van der Waals surface area contributed by atoms with Gasteiger partial charge in [-0.05, 0) is 38.8 Å². The van der Waals surface area contributed by atoms with E-state index >= 15 is 0 Å². The van der Waals surface area contributed by atoms with Gasteiger partial charge in [0.1, 0.15) is 5.75 Å². The molecule has 3 N–H and O–H groups in total. The van der Waals surface area contributed by atoms with E-state index < -0.39 is 6.10 Å². The molecule has 0 radical (unpaired) electrons. The average Bonchev–Trinajstić information content (AvgIpc) is 2.65. The molecule has 8 heteroatoms. The van der Waals surface area contributed by atoms with Crippen molar-refractivity contribution in [2.24, 2.45) is 11.7 Å². The van der Waals surface area contributed by atoms with Crippen LogP contribution in [0.5, 0.6) is 5.75 Å². The Kier molecular flexibility index (Phi) is 9.25. The minimum absolute atomic E-state index is 0. The topological polar surface area (TPSA) is 102 Å². The zero-order valence-electron chi connectivity index (χ0n) is 15.8. The number of nitrogens with one attached hydrogen (secondary N) is 1. The molecule has 1 heterocycles. The van der Waals surface area contributed by atoms with Gasteiger partial charge < -0.3 is 20.7 Å². The van der Waals surface area contributed by atoms with E-state index in [1.165, 1.54) is 6.92 Å². The molecule has 0 aromatic heterocycles. The number of Topliss-reactive ketones (excluding diaryl/α,β-unsaturated/α-hetero) is 1. The van der Waals surface area contributed by atoms with Crippen LogP contribution in [0.25, 0.3) is 0 Å². The van der Waals surface area contributed by atoms with Gasteiger partial charge in [-0.2, -0.15) is 0 Å². The van der Waals surface area contributed by atoms with Gasteiger partial charge in [0.2, 0.25) is 5.91 Å². The molecule has 0 saturated carbocycles. The molecule has 7 nitrogen and oxygen atoms in total. The molecule has 2 amide bonds. The summed E-state index contributed by atoms with van der Waals surface area (Å²) >= 11 is 0. The lowest BCUT2D eigenvalue weighted by Crippen LogP contribution is -2.49. The minimum atomic E-state index is -0.692. The number of halogens is 1. The molecule has 2 rings (SSSR count). The molecule has 1 aromatic carbocycles. The summed E-state index contributed by atoms with van der Waals surface area (Å²) in [6.45, 7) is 5.00. The van der Waals surface area contributed by atoms with Crippen molar-refractivity contribution in [3.05, 3.63) is 29.8 Å². The van der Waals surface area contributed by atoms with Crippen molar-refractivity contribution in [3.63, 3.8) is 0 Å². The van der Waals surface area contributed by atoms with E-state index in [1.54, 1.807) is 36.1 Å². The quantitative estimate of drug-likeness (QED) is 0.677. The summed E-state index contributed by atoms with van der Waals surface area (Å²) in [7, 11) is 0. The van der Waals surface area contributed by atoms with E-state index in [0.717, 1.165) is 12.8 Å². The van der Waals surface area contributed by atoms with Gasteiger partial charge in [-0.3, -0.25) is 14.4 Å². The van der Waals surface area contributed by atoms with Crippen LogP contribution in [0.15, 0.2) is 24.3 Å². The average molecular weight is 398 g/mol. The highest BCUT2D eigenvalue weighted by atomic mass is 35.5. The Morgan fingerprint density at radius 2 is 2.11 bits per heavy atom. The maximum absolute atomic E-state index is 12.7. The van der Waals surface area contributed by atoms with Crippen LogP contribution in [-0.4, -0.2) is 54.8 Å². The van der Waals surface area contributed by atoms with E-state index in [2.05, 4.69) is 5.32 Å². The summed E-state index contributed by atoms with van der Waals surface area (Å²) in [6.07, 6.45) is 0.845. The molecular formula is C19H28ClN3O4. The summed E-state index contributed by atoms with van der Waals surface area (Å²) in [5.41, 5.74) is 5.95. The number of amides is 2. The smallest absolute Gasteiger partial charge is 0.263 e. The van der Waals surface area contributed by atoms with Gasteiger partial charge in [0, 0.05) is 31.7 Å². The fraction of sp³-hybridized carbons (Fsp3) is 0.526. The lowest BCUT2D eigenvalue weighted by Gasteiger charge is -2.33. The zero-order chi connectivity index (χ0) is 19.1. The second-order valence-corrected chi connectivity index (χ2v) is 6.55. The van der Waals surface area contributed by atoms with Crippen LogP contribution in [0.4, 0.5) is 0 Å². The summed E-state index contributed by atoms with van der Waals surface area (Å²) in [5, 5.41) is 2.78. The van der Waals surface area contributed by atoms with E-state index in [4.69, 9.17) is 10.5 Å². The first-order valence-corrected chi connectivity index (χ1v) is 8.96. The lowest BCUT2D eigenvalue weighted by molar-refractivity contribution is -0.141. The molecule has 0 spiro atoms. The molecule has 1 aliphatic rings. The van der Waals surface area contributed by atoms with Crippen molar-refractivity contribution < 1.29 is 19.1 Å². The maximum atomic E-state index is 12.7. The number of rotatable bonds is 7. The number of hydrogen-bond acceptors (Lipinski definition) is 5. The van der Waals surface area contributed by atoms with Crippen molar-refractivity contribution in [1.29, 1.82) is 0 Å². The van der Waals surface area contributed by atoms with Gasteiger partial charge in [0.15, 0.2) is 11.9 Å². The molecule has 2 unspecified atom stereocenters. The predicted octanol–water partition coefficient (Wildman–Crippen LogP) is 1.39. The van der Waals surface area contributed by atoms with E-state index in [1.807, 2.05) is 0 Å². The third-order valence-corrected chi connectivity index (χ3v) is 4.45. The highest BCUT2D eigenvalue weighted by molar-refractivity contribution is 5.94. The number of likely N-dealkylation sites (tertiary alicyclic amines) is 1. The number of piperidine rings is 1. The first-order chi connectivity index (χ1) is 12.4. The van der Waals surface area contributed by atoms with Crippen molar-refractivity contribution in [3.8, 4) is 5.75 Å². The molecule has 2 atom stereocenters. The van der Waals surface area contributed by atoms with Gasteiger partial charge in [-0.15, -0.1) is 12.4 Å². The van der Waals surface area contributed by atoms with E-state index in [-0.39, 0.29) is 35.9 Å². The van der Waals surface area contributed by atoms with Gasteiger partial charge in [0.05, 0.1) is 5.92 Å². The zero-order valence-corrected chi connectivity index (χ0v) is 16.6. The molecule has 27 heavy (non-hydrogen) atoms. The number of nitrogens with zero attached hydrogens (tertiary/aromatic N) is 1. The Balaban J connectivity index is 0.00000364. The molecule has 0 aliphatic carbocycles. The first kappa shape index (κ1) is 22.9. The molecule has 150 valence electrons. The summed E-state index contributed by atoms with van der Waals surface area (Å²) in [6, 6.07) is 6.78. The maximum Gasteiger partial charge on any atom is 0.263 e. The Labute approximate surface area is 166 Å². The number of ketones is 1. The molecule has 1 aliphatic heterocycles. The van der Waals surface area contributed by atoms with Crippen molar-refractivity contribution in [1.82, 2.24) is 10.2 Å². The van der Waals surface area contributed by atoms with Crippen molar-refractivity contribution in [2.75, 3.05) is 26.2 Å². The molecule has 1 saturated heterocycles. The fourth-order valence-electron chi connectivity index (χ4n) is 3.03. The summed E-state index contributed by atoms with van der Waals surface area (Å²) < 4.78 is 5.72. The van der Waals surface area contributed by atoms with Crippen LogP contribution in [0.2, 0.25) is 0 Å². The number of ether oxygens (including phenoxy) is 1. The summed E-state index contributed by atoms with van der Waals surface area (Å²) in [4.78, 5) is 37.9. The Morgan fingerprint density at radius 1 is 1.37 bits per heavy atom. The molecule has 1 aromatic rings. The second kappa shape index (κ2) is 10.9. The van der Waals surface area contributed by atoms with Crippen LogP contribution in [0, 0.1) is 5.92 Å². The highest BCUT2D eigenvalue weighted by Crippen LogP contribution is 2.20. The predicted molar refractivity (Wildman–Crippen MR) is 105 cm³/mol. The van der Waals surface area contributed by atoms with E-state index in [0.29, 0.717) is 37.5 Å². The monoisotopic (exact) mass is 397 g/mol. The summed E-state index contributed by atoms with van der Waals surface area (Å²) in [5.74, 6) is -0.0117. The van der Waals surface area contributed by atoms with Crippen LogP contribution in [0.1, 0.15) is 37.0 Å². The number of carbonyl (C=O) groups excluding carboxylic acids is 3. The van der Waals surface area contributed by atoms with E-state index in [9.17, 15) is 14.4 Å². The van der Waals surface area contributed by atoms with Crippen LogP contribution in [-0.2, 0) is 9.59 Å². The van der Waals surface area contributed by atoms with Crippen molar-refractivity contribution >= 4 is 30.0 Å². The van der Waals surface area contributed by atoms with Gasteiger partial charge >= 0.3 is 0 Å². The normalized spacial score (nSPS) is 17.4. The number of carbonyl (C=O) groups is 3. The van der Waals surface area contributed by atoms with Crippen molar-refractivity contribution in [2.45, 2.75) is 32.8 Å². The van der Waals surface area contributed by atoms with Crippen LogP contribution in [0.3, 0.4) is 0 Å². The largest absolute Gasteiger partial charge is 0.481 e. The Morgan fingerprint density at radius 3 is 2.78 bits per heavy atom. The first-order valence-electron chi connectivity index (χ1n) is 8.96. The standard InChI is InChI=1S/C19H27N3O4.ClH/c1-13(23)15-5-3-7-17(11-15)26-14(2)19(25)22-10-4-6-16(12-22)18(24)21-9-8-20;/h3,5,7,11,14,16H,4,6,8-10,12,20H2,1-2H3,(H,21,24);1H. The second-order valence-electron chi connectivity index (χ2n) is 6.55. The minimum Gasteiger partial charge on any atom is -0.481 e. The Hall–Kier alpha value is -2.12. The number of hydrogen-bond donors (Lipinski definition) is 2. The van der Waals surface area contributed by atoms with Gasteiger partial charge in [0.25, 0.3) is 5.91 Å². The lowest BCUT2D eigenvalue weighted by atomic mass is 9.96. The number of nitrogens with two attached hydrogens (primary N) is 1. The molecule has 1 fully saturated rings. The Bertz CT molecular complexity index is 668. The highest BCUT2D eigenvalue weighted by Gasteiger charge is 2.31. The SMILES string of the molecule is CC(=O)c1cccc(OC(C)C(=O)N2CCCC(C(=O)NCCN)C2)c1.Cl. The van der Waals surface area contributed by atoms with Gasteiger partial charge in [-0.1, -0.05) is 12.1 Å². The third-order valence-electron chi connectivity index (χ3n) is 4.45.